The normalized spacial score (nSPS) is 9.53. The summed E-state index contributed by atoms with van der Waals surface area (Å²) >= 11 is 1.97. The van der Waals surface area contributed by atoms with Gasteiger partial charge in [0.25, 0.3) is 0 Å². The predicted octanol–water partition coefficient (Wildman–Crippen LogP) is 2.00. The van der Waals surface area contributed by atoms with Gasteiger partial charge in [0.1, 0.15) is 5.75 Å². The Labute approximate surface area is 101 Å². The fraction of sp³-hybridized carbons (Fsp3) is 0.200. The highest BCUT2D eigenvalue weighted by atomic mass is 127. The zero-order valence-corrected chi connectivity index (χ0v) is 10.4. The van der Waals surface area contributed by atoms with Crippen molar-refractivity contribution in [3.63, 3.8) is 0 Å². The van der Waals surface area contributed by atoms with Gasteiger partial charge in [-0.05, 0) is 34.7 Å². The quantitative estimate of drug-likeness (QED) is 0.475. The maximum atomic E-state index is 11.4. The summed E-state index contributed by atoms with van der Waals surface area (Å²) in [7, 11) is 1.51. The highest BCUT2D eigenvalue weighted by Crippen LogP contribution is 2.24. The van der Waals surface area contributed by atoms with E-state index in [9.17, 15) is 9.59 Å². The zero-order valence-electron chi connectivity index (χ0n) is 8.24. The van der Waals surface area contributed by atoms with Crippen LogP contribution in [0.3, 0.4) is 0 Å². The lowest BCUT2D eigenvalue weighted by atomic mass is 10.2. The van der Waals surface area contributed by atoms with E-state index in [1.54, 1.807) is 18.2 Å². The molecule has 1 aromatic carbocycles. The molecule has 0 fully saturated rings. The molecule has 5 heteroatoms. The predicted molar refractivity (Wildman–Crippen MR) is 61.8 cm³/mol. The Morgan fingerprint density at radius 1 is 1.33 bits per heavy atom. The fourth-order valence-corrected chi connectivity index (χ4v) is 1.81. The molecule has 1 aromatic rings. The lowest BCUT2D eigenvalue weighted by molar-refractivity contribution is -0.135. The minimum absolute atomic E-state index is 0.324. The standard InChI is InChI=1S/C10H9IO4/c1-6(12)15-10(13)7-4-3-5-8(14-2)9(7)11/h3-5H,1-2H3. The first kappa shape index (κ1) is 12.0. The SMILES string of the molecule is COc1cccc(C(=O)OC(C)=O)c1I. The first-order valence-electron chi connectivity index (χ1n) is 4.11. The molecule has 0 saturated carbocycles. The van der Waals surface area contributed by atoms with Gasteiger partial charge in [-0.1, -0.05) is 6.07 Å². The number of benzene rings is 1. The van der Waals surface area contributed by atoms with E-state index in [1.165, 1.54) is 14.0 Å². The van der Waals surface area contributed by atoms with E-state index in [0.29, 0.717) is 14.9 Å². The lowest BCUT2D eigenvalue weighted by Crippen LogP contribution is -2.11. The summed E-state index contributed by atoms with van der Waals surface area (Å²) in [5, 5.41) is 0. The second kappa shape index (κ2) is 5.11. The molecule has 0 spiro atoms. The molecule has 0 amide bonds. The summed E-state index contributed by atoms with van der Waals surface area (Å²) < 4.78 is 10.1. The maximum Gasteiger partial charge on any atom is 0.347 e. The number of carbonyl (C=O) groups excluding carboxylic acids is 2. The molecule has 0 unspecified atom stereocenters. The van der Waals surface area contributed by atoms with Crippen molar-refractivity contribution >= 4 is 34.5 Å². The van der Waals surface area contributed by atoms with Gasteiger partial charge in [-0.15, -0.1) is 0 Å². The molecular formula is C10H9IO4. The van der Waals surface area contributed by atoms with Crippen LogP contribution in [0.5, 0.6) is 5.75 Å². The zero-order chi connectivity index (χ0) is 11.4. The van der Waals surface area contributed by atoms with Crippen molar-refractivity contribution in [1.82, 2.24) is 0 Å². The Hall–Kier alpha value is -1.11. The third-order valence-corrected chi connectivity index (χ3v) is 2.75. The van der Waals surface area contributed by atoms with Crippen LogP contribution in [-0.4, -0.2) is 19.0 Å². The largest absolute Gasteiger partial charge is 0.496 e. The third-order valence-electron chi connectivity index (χ3n) is 1.64. The molecule has 0 aliphatic carbocycles. The summed E-state index contributed by atoms with van der Waals surface area (Å²) in [5.74, 6) is -0.710. The molecule has 80 valence electrons. The van der Waals surface area contributed by atoms with Crippen LogP contribution < -0.4 is 4.74 Å². The topological polar surface area (TPSA) is 52.6 Å². The van der Waals surface area contributed by atoms with Crippen molar-refractivity contribution in [2.75, 3.05) is 7.11 Å². The van der Waals surface area contributed by atoms with Crippen LogP contribution in [0.1, 0.15) is 17.3 Å². The smallest absolute Gasteiger partial charge is 0.347 e. The van der Waals surface area contributed by atoms with Crippen LogP contribution in [0.4, 0.5) is 0 Å². The Bertz CT molecular complexity index is 400. The third kappa shape index (κ3) is 2.92. The molecule has 0 bridgehead atoms. The van der Waals surface area contributed by atoms with Crippen molar-refractivity contribution in [3.8, 4) is 5.75 Å². The molecule has 0 aliphatic heterocycles. The highest BCUT2D eigenvalue weighted by Gasteiger charge is 2.15. The highest BCUT2D eigenvalue weighted by molar-refractivity contribution is 14.1. The molecule has 0 atom stereocenters. The Morgan fingerprint density at radius 2 is 2.00 bits per heavy atom. The van der Waals surface area contributed by atoms with E-state index in [1.807, 2.05) is 22.6 Å². The van der Waals surface area contributed by atoms with Crippen molar-refractivity contribution in [2.24, 2.45) is 0 Å². The molecular weight excluding hydrogens is 311 g/mol. The number of rotatable bonds is 2. The number of methoxy groups -OCH3 is 1. The molecule has 0 saturated heterocycles. The first-order chi connectivity index (χ1) is 7.06. The summed E-state index contributed by atoms with van der Waals surface area (Å²) in [5.41, 5.74) is 0.324. The second-order valence-electron chi connectivity index (χ2n) is 2.70. The molecule has 4 nitrogen and oxygen atoms in total. The van der Waals surface area contributed by atoms with E-state index in [2.05, 4.69) is 4.74 Å². The molecule has 1 rings (SSSR count). The number of hydrogen-bond donors (Lipinski definition) is 0. The molecule has 0 heterocycles. The van der Waals surface area contributed by atoms with E-state index < -0.39 is 11.9 Å². The minimum Gasteiger partial charge on any atom is -0.496 e. The number of hydrogen-bond acceptors (Lipinski definition) is 4. The average Bonchev–Trinajstić information content (AvgIpc) is 2.17. The number of carbonyl (C=O) groups is 2. The first-order valence-corrected chi connectivity index (χ1v) is 5.19. The number of halogens is 1. The summed E-state index contributed by atoms with van der Waals surface area (Å²) in [6, 6.07) is 4.97. The van der Waals surface area contributed by atoms with E-state index >= 15 is 0 Å². The Balaban J connectivity index is 3.04. The van der Waals surface area contributed by atoms with Crippen LogP contribution in [-0.2, 0) is 9.53 Å². The van der Waals surface area contributed by atoms with Gasteiger partial charge < -0.3 is 9.47 Å². The van der Waals surface area contributed by atoms with Gasteiger partial charge >= 0.3 is 11.9 Å². The van der Waals surface area contributed by atoms with Crippen LogP contribution in [0, 0.1) is 3.57 Å². The van der Waals surface area contributed by atoms with Crippen LogP contribution >= 0.6 is 22.6 Å². The van der Waals surface area contributed by atoms with E-state index in [4.69, 9.17) is 4.74 Å². The van der Waals surface area contributed by atoms with Crippen molar-refractivity contribution in [3.05, 3.63) is 27.3 Å². The van der Waals surface area contributed by atoms with Gasteiger partial charge in [-0.25, -0.2) is 4.79 Å². The molecule has 0 aromatic heterocycles. The van der Waals surface area contributed by atoms with Gasteiger partial charge in [-0.2, -0.15) is 0 Å². The lowest BCUT2D eigenvalue weighted by Gasteiger charge is -2.06. The van der Waals surface area contributed by atoms with Gasteiger partial charge in [0.05, 0.1) is 16.2 Å². The average molecular weight is 320 g/mol. The number of ether oxygens (including phenoxy) is 2. The molecule has 15 heavy (non-hydrogen) atoms. The molecule has 0 aliphatic rings. The van der Waals surface area contributed by atoms with E-state index in [0.717, 1.165) is 0 Å². The Kier molecular flexibility index (Phi) is 4.07. The Morgan fingerprint density at radius 3 is 2.53 bits per heavy atom. The second-order valence-corrected chi connectivity index (χ2v) is 3.78. The summed E-state index contributed by atoms with van der Waals surface area (Å²) in [6.07, 6.45) is 0. The van der Waals surface area contributed by atoms with Crippen LogP contribution in [0.15, 0.2) is 18.2 Å². The van der Waals surface area contributed by atoms with Crippen molar-refractivity contribution in [1.29, 1.82) is 0 Å². The van der Waals surface area contributed by atoms with Gasteiger partial charge in [0, 0.05) is 6.92 Å². The van der Waals surface area contributed by atoms with Crippen LogP contribution in [0.2, 0.25) is 0 Å². The number of esters is 2. The van der Waals surface area contributed by atoms with Crippen LogP contribution in [0.25, 0.3) is 0 Å². The minimum atomic E-state index is -0.661. The van der Waals surface area contributed by atoms with Gasteiger partial charge in [-0.3, -0.25) is 4.79 Å². The van der Waals surface area contributed by atoms with E-state index in [-0.39, 0.29) is 0 Å². The van der Waals surface area contributed by atoms with Gasteiger partial charge in [0.15, 0.2) is 0 Å². The maximum absolute atomic E-state index is 11.4. The summed E-state index contributed by atoms with van der Waals surface area (Å²) in [6.45, 7) is 1.19. The molecule has 0 N–H and O–H groups in total. The summed E-state index contributed by atoms with van der Waals surface area (Å²) in [4.78, 5) is 22.1. The van der Waals surface area contributed by atoms with Crippen molar-refractivity contribution < 1.29 is 19.1 Å². The monoisotopic (exact) mass is 320 g/mol. The fourth-order valence-electron chi connectivity index (χ4n) is 1.01. The van der Waals surface area contributed by atoms with Crippen molar-refractivity contribution in [2.45, 2.75) is 6.92 Å². The van der Waals surface area contributed by atoms with Gasteiger partial charge in [0.2, 0.25) is 0 Å². The molecule has 0 radical (unpaired) electrons.